The van der Waals surface area contributed by atoms with Crippen LogP contribution < -0.4 is 10.2 Å². The minimum atomic E-state index is -4.10. The van der Waals surface area contributed by atoms with Crippen LogP contribution in [0.4, 0.5) is 10.1 Å². The van der Waals surface area contributed by atoms with Gasteiger partial charge in [-0.3, -0.25) is 9.59 Å². The number of rotatable bonds is 5. The van der Waals surface area contributed by atoms with Crippen molar-refractivity contribution in [1.82, 2.24) is 5.32 Å². The molecule has 5 rings (SSSR count). The molecule has 6 nitrogen and oxygen atoms in total. The van der Waals surface area contributed by atoms with Gasteiger partial charge < -0.3 is 10.2 Å². The van der Waals surface area contributed by atoms with E-state index in [4.69, 9.17) is 0 Å². The maximum atomic E-state index is 14.6. The molecule has 37 heavy (non-hydrogen) atoms. The van der Waals surface area contributed by atoms with E-state index in [-0.39, 0.29) is 44.8 Å². The van der Waals surface area contributed by atoms with E-state index in [2.05, 4.69) is 5.32 Å². The number of hydrogen-bond donors (Lipinski definition) is 1. The van der Waals surface area contributed by atoms with E-state index < -0.39 is 27.5 Å². The molecule has 1 aliphatic heterocycles. The summed E-state index contributed by atoms with van der Waals surface area (Å²) >= 11 is 0. The standard InChI is InChI=1S/C29H23FN2O4S/c1-19(20-9-3-2-4-10-20)31-28(33)21-15-16-27-25(17-21)32(18-22-11-5-7-13-24(22)30)29(34)23-12-6-8-14-26(23)37(27,35)36/h2-17,19H,18H2,1H3,(H,31,33)/t19-/m1/s1. The Hall–Kier alpha value is -4.30. The molecule has 1 heterocycles. The molecule has 0 radical (unpaired) electrons. The molecular formula is C29H23FN2O4S. The van der Waals surface area contributed by atoms with E-state index in [9.17, 15) is 22.4 Å². The van der Waals surface area contributed by atoms with Crippen LogP contribution in [-0.4, -0.2) is 20.2 Å². The van der Waals surface area contributed by atoms with Crippen molar-refractivity contribution in [1.29, 1.82) is 0 Å². The van der Waals surface area contributed by atoms with Gasteiger partial charge in [0, 0.05) is 11.1 Å². The average molecular weight is 515 g/mol. The Morgan fingerprint density at radius 2 is 1.57 bits per heavy atom. The molecule has 186 valence electrons. The third kappa shape index (κ3) is 4.51. The van der Waals surface area contributed by atoms with E-state index in [0.29, 0.717) is 0 Å². The molecule has 0 bridgehead atoms. The number of fused-ring (bicyclic) bond motifs is 2. The van der Waals surface area contributed by atoms with Crippen molar-refractivity contribution in [3.05, 3.63) is 125 Å². The van der Waals surface area contributed by atoms with Crippen molar-refractivity contribution in [2.75, 3.05) is 4.90 Å². The highest BCUT2D eigenvalue weighted by Gasteiger charge is 2.36. The molecular weight excluding hydrogens is 491 g/mol. The second-order valence-electron chi connectivity index (χ2n) is 8.77. The molecule has 0 saturated carbocycles. The highest BCUT2D eigenvalue weighted by Crippen LogP contribution is 2.38. The minimum absolute atomic E-state index is 0.0151. The Morgan fingerprint density at radius 3 is 2.32 bits per heavy atom. The third-order valence-electron chi connectivity index (χ3n) is 6.39. The molecule has 1 N–H and O–H groups in total. The monoisotopic (exact) mass is 514 g/mol. The average Bonchev–Trinajstić information content (AvgIpc) is 2.98. The first-order valence-electron chi connectivity index (χ1n) is 11.7. The number of carbonyl (C=O) groups excluding carboxylic acids is 2. The molecule has 0 fully saturated rings. The molecule has 4 aromatic carbocycles. The zero-order valence-corrected chi connectivity index (χ0v) is 20.7. The Balaban J connectivity index is 1.61. The van der Waals surface area contributed by atoms with Crippen LogP contribution in [0.25, 0.3) is 0 Å². The quantitative estimate of drug-likeness (QED) is 0.391. The van der Waals surface area contributed by atoms with Gasteiger partial charge in [0.25, 0.3) is 11.8 Å². The number of carbonyl (C=O) groups is 2. The SMILES string of the molecule is C[C@@H](NC(=O)c1ccc2c(c1)N(Cc1ccccc1F)C(=O)c1ccccc1S2(=O)=O)c1ccccc1. The molecule has 1 aliphatic rings. The normalized spacial score (nSPS) is 14.8. The topological polar surface area (TPSA) is 83.6 Å². The van der Waals surface area contributed by atoms with Crippen molar-refractivity contribution in [3.63, 3.8) is 0 Å². The smallest absolute Gasteiger partial charge is 0.259 e. The first kappa shape index (κ1) is 24.4. The third-order valence-corrected chi connectivity index (χ3v) is 8.25. The fourth-order valence-electron chi connectivity index (χ4n) is 4.41. The summed E-state index contributed by atoms with van der Waals surface area (Å²) in [7, 11) is -4.10. The van der Waals surface area contributed by atoms with Crippen LogP contribution in [0.5, 0.6) is 0 Å². The molecule has 1 atom stereocenters. The predicted molar refractivity (Wildman–Crippen MR) is 138 cm³/mol. The zero-order valence-electron chi connectivity index (χ0n) is 19.9. The summed E-state index contributed by atoms with van der Waals surface area (Å²) in [6.07, 6.45) is 0. The Kier molecular flexibility index (Phi) is 6.35. The molecule has 4 aromatic rings. The number of nitrogens with zero attached hydrogens (tertiary/aromatic N) is 1. The summed E-state index contributed by atoms with van der Waals surface area (Å²) in [6.45, 7) is 1.62. The molecule has 2 amide bonds. The second-order valence-corrected chi connectivity index (χ2v) is 10.7. The summed E-state index contributed by atoms with van der Waals surface area (Å²) < 4.78 is 41.8. The van der Waals surface area contributed by atoms with Crippen LogP contribution in [0.1, 0.15) is 44.8 Å². The van der Waals surface area contributed by atoms with Crippen LogP contribution in [0.15, 0.2) is 107 Å². The fourth-order valence-corrected chi connectivity index (χ4v) is 6.04. The molecule has 0 aliphatic carbocycles. The van der Waals surface area contributed by atoms with Gasteiger partial charge in [0.2, 0.25) is 9.84 Å². The van der Waals surface area contributed by atoms with Crippen molar-refractivity contribution in [3.8, 4) is 0 Å². The number of halogens is 1. The largest absolute Gasteiger partial charge is 0.346 e. The van der Waals surface area contributed by atoms with Crippen LogP contribution in [-0.2, 0) is 16.4 Å². The van der Waals surface area contributed by atoms with Gasteiger partial charge in [-0.05, 0) is 48.9 Å². The van der Waals surface area contributed by atoms with E-state index in [1.807, 2.05) is 37.3 Å². The van der Waals surface area contributed by atoms with Gasteiger partial charge in [-0.25, -0.2) is 12.8 Å². The van der Waals surface area contributed by atoms with Gasteiger partial charge in [-0.1, -0.05) is 60.7 Å². The zero-order chi connectivity index (χ0) is 26.2. The number of anilines is 1. The van der Waals surface area contributed by atoms with E-state index in [0.717, 1.165) is 5.56 Å². The molecule has 0 aromatic heterocycles. The maximum Gasteiger partial charge on any atom is 0.259 e. The summed E-state index contributed by atoms with van der Waals surface area (Å²) in [4.78, 5) is 27.8. The van der Waals surface area contributed by atoms with E-state index >= 15 is 0 Å². The Morgan fingerprint density at radius 1 is 0.892 bits per heavy atom. The Labute approximate surface area is 214 Å². The summed E-state index contributed by atoms with van der Waals surface area (Å²) in [6, 6.07) is 25.1. The Bertz CT molecular complexity index is 1620. The van der Waals surface area contributed by atoms with Crippen LogP contribution in [0.2, 0.25) is 0 Å². The molecule has 0 saturated heterocycles. The summed E-state index contributed by atoms with van der Waals surface area (Å²) in [5.74, 6) is -1.56. The molecule has 0 unspecified atom stereocenters. The van der Waals surface area contributed by atoms with Crippen molar-refractivity contribution < 1.29 is 22.4 Å². The van der Waals surface area contributed by atoms with Gasteiger partial charge in [0.05, 0.1) is 33.6 Å². The molecule has 0 spiro atoms. The molecule has 8 heteroatoms. The van der Waals surface area contributed by atoms with Crippen LogP contribution >= 0.6 is 0 Å². The first-order valence-corrected chi connectivity index (χ1v) is 13.1. The summed E-state index contributed by atoms with van der Waals surface area (Å²) in [5, 5.41) is 2.91. The van der Waals surface area contributed by atoms with Gasteiger partial charge in [-0.2, -0.15) is 0 Å². The minimum Gasteiger partial charge on any atom is -0.346 e. The lowest BCUT2D eigenvalue weighted by Crippen LogP contribution is -2.31. The predicted octanol–water partition coefficient (Wildman–Crippen LogP) is 5.31. The number of hydrogen-bond acceptors (Lipinski definition) is 4. The highest BCUT2D eigenvalue weighted by molar-refractivity contribution is 7.91. The lowest BCUT2D eigenvalue weighted by Gasteiger charge is -2.24. The maximum absolute atomic E-state index is 14.6. The number of nitrogens with one attached hydrogen (secondary N) is 1. The van der Waals surface area contributed by atoms with Gasteiger partial charge in [0.1, 0.15) is 5.82 Å². The second kappa shape index (κ2) is 9.63. The fraction of sp³-hybridized carbons (Fsp3) is 0.103. The first-order chi connectivity index (χ1) is 17.8. The van der Waals surface area contributed by atoms with Crippen LogP contribution in [0, 0.1) is 5.82 Å². The van der Waals surface area contributed by atoms with Gasteiger partial charge in [0.15, 0.2) is 0 Å². The lowest BCUT2D eigenvalue weighted by atomic mass is 10.1. The number of amides is 2. The number of sulfone groups is 1. The number of benzene rings is 4. The van der Waals surface area contributed by atoms with E-state index in [1.165, 1.54) is 53.4 Å². The van der Waals surface area contributed by atoms with Gasteiger partial charge in [-0.15, -0.1) is 0 Å². The van der Waals surface area contributed by atoms with Crippen molar-refractivity contribution >= 4 is 27.3 Å². The van der Waals surface area contributed by atoms with Crippen LogP contribution in [0.3, 0.4) is 0 Å². The van der Waals surface area contributed by atoms with Gasteiger partial charge >= 0.3 is 0 Å². The highest BCUT2D eigenvalue weighted by atomic mass is 32.2. The van der Waals surface area contributed by atoms with E-state index in [1.54, 1.807) is 18.2 Å². The lowest BCUT2D eigenvalue weighted by molar-refractivity contribution is 0.0937. The van der Waals surface area contributed by atoms with Crippen molar-refractivity contribution in [2.45, 2.75) is 29.3 Å². The summed E-state index contributed by atoms with van der Waals surface area (Å²) in [5.41, 5.74) is 1.29. The van der Waals surface area contributed by atoms with Crippen molar-refractivity contribution in [2.24, 2.45) is 0 Å².